The van der Waals surface area contributed by atoms with E-state index in [4.69, 9.17) is 0 Å². The molecule has 1 heterocycles. The molecule has 0 radical (unpaired) electrons. The standard InChI is InChI=1S/C11H20F2N2O2/c1-3-4-14-11(17)15-5-8(10(12)13)7(2)9(16)6-15/h7-10,16H,3-6H2,1-2H3,(H,14,17)/t7-,8+,9-/m1/s1. The van der Waals surface area contributed by atoms with Crippen LogP contribution in [0, 0.1) is 11.8 Å². The van der Waals surface area contributed by atoms with E-state index in [0.29, 0.717) is 6.54 Å². The van der Waals surface area contributed by atoms with Gasteiger partial charge in [-0.05, 0) is 12.3 Å². The lowest BCUT2D eigenvalue weighted by Gasteiger charge is -2.39. The number of hydrogen-bond acceptors (Lipinski definition) is 2. The normalized spacial score (nSPS) is 29.5. The highest BCUT2D eigenvalue weighted by Gasteiger charge is 2.39. The monoisotopic (exact) mass is 250 g/mol. The molecule has 1 aliphatic rings. The third kappa shape index (κ3) is 3.52. The predicted octanol–water partition coefficient (Wildman–Crippen LogP) is 1.30. The fourth-order valence-corrected chi connectivity index (χ4v) is 1.99. The van der Waals surface area contributed by atoms with Gasteiger partial charge < -0.3 is 15.3 Å². The highest BCUT2D eigenvalue weighted by molar-refractivity contribution is 5.74. The highest BCUT2D eigenvalue weighted by atomic mass is 19.3. The van der Waals surface area contributed by atoms with Crippen molar-refractivity contribution in [2.45, 2.75) is 32.8 Å². The quantitative estimate of drug-likeness (QED) is 0.793. The van der Waals surface area contributed by atoms with Crippen LogP contribution < -0.4 is 5.32 Å². The molecule has 1 rings (SSSR count). The van der Waals surface area contributed by atoms with Crippen LogP contribution in [0.3, 0.4) is 0 Å². The second-order valence-electron chi connectivity index (χ2n) is 4.56. The van der Waals surface area contributed by atoms with Crippen molar-refractivity contribution in [2.24, 2.45) is 11.8 Å². The van der Waals surface area contributed by atoms with Gasteiger partial charge in [0.15, 0.2) is 0 Å². The molecule has 0 unspecified atom stereocenters. The molecule has 0 aromatic heterocycles. The van der Waals surface area contributed by atoms with Gasteiger partial charge in [-0.25, -0.2) is 13.6 Å². The van der Waals surface area contributed by atoms with Crippen molar-refractivity contribution in [3.8, 4) is 0 Å². The summed E-state index contributed by atoms with van der Waals surface area (Å²) < 4.78 is 25.5. The molecule has 0 aromatic carbocycles. The first-order chi connectivity index (χ1) is 7.97. The molecular weight excluding hydrogens is 230 g/mol. The molecule has 4 nitrogen and oxygen atoms in total. The summed E-state index contributed by atoms with van der Waals surface area (Å²) in [4.78, 5) is 12.9. The van der Waals surface area contributed by atoms with E-state index in [1.165, 1.54) is 4.90 Å². The molecule has 0 bridgehead atoms. The molecule has 6 heteroatoms. The Bertz CT molecular complexity index is 264. The van der Waals surface area contributed by atoms with Gasteiger partial charge in [-0.3, -0.25) is 0 Å². The Morgan fingerprint density at radius 1 is 1.53 bits per heavy atom. The summed E-state index contributed by atoms with van der Waals surface area (Å²) in [6.45, 7) is 4.16. The largest absolute Gasteiger partial charge is 0.391 e. The van der Waals surface area contributed by atoms with Crippen molar-refractivity contribution in [2.75, 3.05) is 19.6 Å². The van der Waals surface area contributed by atoms with E-state index in [2.05, 4.69) is 5.32 Å². The van der Waals surface area contributed by atoms with Gasteiger partial charge in [0, 0.05) is 25.6 Å². The van der Waals surface area contributed by atoms with Crippen LogP contribution in [-0.4, -0.2) is 48.2 Å². The minimum atomic E-state index is -2.51. The summed E-state index contributed by atoms with van der Waals surface area (Å²) >= 11 is 0. The third-order valence-corrected chi connectivity index (χ3v) is 3.26. The van der Waals surface area contributed by atoms with E-state index in [-0.39, 0.29) is 19.1 Å². The number of urea groups is 1. The van der Waals surface area contributed by atoms with E-state index in [1.54, 1.807) is 6.92 Å². The molecule has 1 saturated heterocycles. The molecule has 3 atom stereocenters. The zero-order valence-electron chi connectivity index (χ0n) is 10.2. The Hall–Kier alpha value is -0.910. The van der Waals surface area contributed by atoms with Crippen molar-refractivity contribution >= 4 is 6.03 Å². The minimum Gasteiger partial charge on any atom is -0.391 e. The molecule has 2 N–H and O–H groups in total. The number of aliphatic hydroxyl groups is 1. The van der Waals surface area contributed by atoms with Gasteiger partial charge >= 0.3 is 6.03 Å². The number of halogens is 2. The number of carbonyl (C=O) groups is 1. The van der Waals surface area contributed by atoms with Crippen LogP contribution in [-0.2, 0) is 0 Å². The van der Waals surface area contributed by atoms with Crippen LogP contribution in [0.2, 0.25) is 0 Å². The number of rotatable bonds is 3. The molecule has 100 valence electrons. The molecule has 17 heavy (non-hydrogen) atoms. The number of piperidine rings is 1. The Morgan fingerprint density at radius 3 is 2.71 bits per heavy atom. The Balaban J connectivity index is 2.60. The van der Waals surface area contributed by atoms with Crippen LogP contribution in [0.15, 0.2) is 0 Å². The number of carbonyl (C=O) groups excluding carboxylic acids is 1. The molecule has 0 aliphatic carbocycles. The lowest BCUT2D eigenvalue weighted by atomic mass is 9.85. The average Bonchev–Trinajstić information content (AvgIpc) is 2.28. The topological polar surface area (TPSA) is 52.6 Å². The zero-order valence-corrected chi connectivity index (χ0v) is 10.2. The molecule has 2 amide bonds. The van der Waals surface area contributed by atoms with E-state index in [9.17, 15) is 18.7 Å². The van der Waals surface area contributed by atoms with Gasteiger partial charge in [0.25, 0.3) is 0 Å². The van der Waals surface area contributed by atoms with E-state index >= 15 is 0 Å². The first-order valence-electron chi connectivity index (χ1n) is 5.96. The van der Waals surface area contributed by atoms with E-state index in [0.717, 1.165) is 6.42 Å². The molecule has 0 saturated carbocycles. The average molecular weight is 250 g/mol. The second kappa shape index (κ2) is 6.14. The molecular formula is C11H20F2N2O2. The van der Waals surface area contributed by atoms with Crippen molar-refractivity contribution in [1.82, 2.24) is 10.2 Å². The Morgan fingerprint density at radius 2 is 2.18 bits per heavy atom. The number of β-amino-alcohol motifs (C(OH)–C–C–N with tert-alkyl or cyclic N) is 1. The van der Waals surface area contributed by atoms with Gasteiger partial charge in [0.05, 0.1) is 6.10 Å². The van der Waals surface area contributed by atoms with Crippen LogP contribution >= 0.6 is 0 Å². The van der Waals surface area contributed by atoms with Crippen LogP contribution in [0.25, 0.3) is 0 Å². The van der Waals surface area contributed by atoms with Gasteiger partial charge in [-0.1, -0.05) is 13.8 Å². The SMILES string of the molecule is CCCNC(=O)N1C[C@@H](O)[C@H](C)[C@@H](C(F)F)C1. The van der Waals surface area contributed by atoms with Gasteiger partial charge in [-0.15, -0.1) is 0 Å². The van der Waals surface area contributed by atoms with E-state index < -0.39 is 24.4 Å². The van der Waals surface area contributed by atoms with Crippen LogP contribution in [0.4, 0.5) is 13.6 Å². The first-order valence-corrected chi connectivity index (χ1v) is 5.96. The summed E-state index contributed by atoms with van der Waals surface area (Å²) in [5.74, 6) is -1.43. The molecule has 1 aliphatic heterocycles. The first kappa shape index (κ1) is 14.2. The minimum absolute atomic E-state index is 0.00540. The number of nitrogens with zero attached hydrogens (tertiary/aromatic N) is 1. The summed E-state index contributed by atoms with van der Waals surface area (Å²) in [5, 5.41) is 12.3. The maximum Gasteiger partial charge on any atom is 0.317 e. The fraction of sp³-hybridized carbons (Fsp3) is 0.909. The Labute approximate surface area is 100.0 Å². The summed E-state index contributed by atoms with van der Waals surface area (Å²) in [7, 11) is 0. The lowest BCUT2D eigenvalue weighted by molar-refractivity contribution is -0.0536. The molecule has 1 fully saturated rings. The predicted molar refractivity (Wildman–Crippen MR) is 59.9 cm³/mol. The number of nitrogens with one attached hydrogen (secondary N) is 1. The number of amides is 2. The number of aliphatic hydroxyl groups excluding tert-OH is 1. The second-order valence-corrected chi connectivity index (χ2v) is 4.56. The number of hydrogen-bond donors (Lipinski definition) is 2. The smallest absolute Gasteiger partial charge is 0.317 e. The molecule has 0 spiro atoms. The van der Waals surface area contributed by atoms with E-state index in [1.807, 2.05) is 6.92 Å². The summed E-state index contributed by atoms with van der Waals surface area (Å²) in [6, 6.07) is -0.372. The van der Waals surface area contributed by atoms with Crippen molar-refractivity contribution in [3.05, 3.63) is 0 Å². The Kier molecular flexibility index (Phi) is 5.11. The third-order valence-electron chi connectivity index (χ3n) is 3.26. The zero-order chi connectivity index (χ0) is 13.0. The molecule has 0 aromatic rings. The maximum atomic E-state index is 12.8. The van der Waals surface area contributed by atoms with Gasteiger partial charge in [-0.2, -0.15) is 0 Å². The summed E-state index contributed by atoms with van der Waals surface area (Å²) in [6.07, 6.45) is -2.60. The number of alkyl halides is 2. The number of likely N-dealkylation sites (tertiary alicyclic amines) is 1. The fourth-order valence-electron chi connectivity index (χ4n) is 1.99. The van der Waals surface area contributed by atoms with Crippen LogP contribution in [0.1, 0.15) is 20.3 Å². The highest BCUT2D eigenvalue weighted by Crippen LogP contribution is 2.28. The van der Waals surface area contributed by atoms with Crippen LogP contribution in [0.5, 0.6) is 0 Å². The summed E-state index contributed by atoms with van der Waals surface area (Å²) in [5.41, 5.74) is 0. The lowest BCUT2D eigenvalue weighted by Crippen LogP contribution is -2.55. The maximum absolute atomic E-state index is 12.8. The van der Waals surface area contributed by atoms with Gasteiger partial charge in [0.1, 0.15) is 0 Å². The van der Waals surface area contributed by atoms with Crippen molar-refractivity contribution < 1.29 is 18.7 Å². The van der Waals surface area contributed by atoms with Gasteiger partial charge in [0.2, 0.25) is 6.43 Å². The van der Waals surface area contributed by atoms with Crippen molar-refractivity contribution in [1.29, 1.82) is 0 Å². The van der Waals surface area contributed by atoms with Crippen molar-refractivity contribution in [3.63, 3.8) is 0 Å².